The zero-order valence-electron chi connectivity index (χ0n) is 18.1. The van der Waals surface area contributed by atoms with Crippen molar-refractivity contribution in [3.05, 3.63) is 107 Å². The molecule has 0 aliphatic carbocycles. The molecular formula is C27H21NO5. The summed E-state index contributed by atoms with van der Waals surface area (Å²) >= 11 is 0. The zero-order valence-corrected chi connectivity index (χ0v) is 18.1. The largest absolute Gasteiger partial charge is 0.503 e. The molecule has 0 saturated heterocycles. The lowest BCUT2D eigenvalue weighted by atomic mass is 9.94. The van der Waals surface area contributed by atoms with Crippen molar-refractivity contribution in [2.24, 2.45) is 0 Å². The number of aliphatic hydroxyl groups is 1. The van der Waals surface area contributed by atoms with Crippen LogP contribution in [0.25, 0.3) is 11.0 Å². The molecule has 0 bridgehead atoms. The number of amides is 1. The number of nitrogens with zero attached hydrogens (tertiary/aromatic N) is 1. The Morgan fingerprint density at radius 3 is 2.39 bits per heavy atom. The van der Waals surface area contributed by atoms with E-state index in [1.807, 2.05) is 43.3 Å². The average molecular weight is 439 g/mol. The molecule has 0 radical (unpaired) electrons. The highest BCUT2D eigenvalue weighted by atomic mass is 16.5. The van der Waals surface area contributed by atoms with Crippen molar-refractivity contribution in [3.8, 4) is 5.75 Å². The van der Waals surface area contributed by atoms with Crippen LogP contribution in [0.3, 0.4) is 0 Å². The SMILES string of the molecule is COc1ccc(C2C(C(=O)c3cc4ccccc4o3)=C(O)C(=O)N2c2ccccc2C)cc1. The van der Waals surface area contributed by atoms with Gasteiger partial charge < -0.3 is 14.3 Å². The first kappa shape index (κ1) is 20.6. The summed E-state index contributed by atoms with van der Waals surface area (Å²) in [5.41, 5.74) is 2.65. The maximum absolute atomic E-state index is 13.6. The predicted molar refractivity (Wildman–Crippen MR) is 125 cm³/mol. The van der Waals surface area contributed by atoms with Gasteiger partial charge in [0, 0.05) is 11.1 Å². The maximum Gasteiger partial charge on any atom is 0.294 e. The standard InChI is InChI=1S/C27H21NO5/c1-16-7-3-5-9-20(16)28-24(17-11-13-19(32-2)14-12-17)23(26(30)27(28)31)25(29)22-15-18-8-4-6-10-21(18)33-22/h3-15,24,30H,1-2H3. The van der Waals surface area contributed by atoms with Gasteiger partial charge in [-0.2, -0.15) is 0 Å². The van der Waals surface area contributed by atoms with Crippen LogP contribution in [0.15, 0.2) is 94.6 Å². The molecule has 5 rings (SSSR count). The van der Waals surface area contributed by atoms with E-state index in [0.717, 1.165) is 10.9 Å². The molecule has 1 aliphatic heterocycles. The molecule has 1 aromatic heterocycles. The van der Waals surface area contributed by atoms with Gasteiger partial charge in [-0.1, -0.05) is 48.5 Å². The molecule has 4 aromatic rings. The molecular weight excluding hydrogens is 418 g/mol. The van der Waals surface area contributed by atoms with Crippen molar-refractivity contribution >= 4 is 28.3 Å². The molecule has 33 heavy (non-hydrogen) atoms. The number of carbonyl (C=O) groups is 2. The van der Waals surface area contributed by atoms with Crippen LogP contribution < -0.4 is 9.64 Å². The van der Waals surface area contributed by atoms with Crippen molar-refractivity contribution in [2.75, 3.05) is 12.0 Å². The van der Waals surface area contributed by atoms with Crippen LogP contribution in [0.2, 0.25) is 0 Å². The Morgan fingerprint density at radius 1 is 1.00 bits per heavy atom. The first-order valence-electron chi connectivity index (χ1n) is 10.5. The summed E-state index contributed by atoms with van der Waals surface area (Å²) in [7, 11) is 1.57. The van der Waals surface area contributed by atoms with Gasteiger partial charge in [-0.25, -0.2) is 0 Å². The van der Waals surface area contributed by atoms with Gasteiger partial charge in [-0.05, 0) is 48.4 Å². The molecule has 6 heteroatoms. The molecule has 6 nitrogen and oxygen atoms in total. The highest BCUT2D eigenvalue weighted by Crippen LogP contribution is 2.43. The van der Waals surface area contributed by atoms with Gasteiger partial charge in [0.25, 0.3) is 5.91 Å². The van der Waals surface area contributed by atoms with E-state index >= 15 is 0 Å². The number of ether oxygens (including phenoxy) is 1. The smallest absolute Gasteiger partial charge is 0.294 e. The zero-order chi connectivity index (χ0) is 23.1. The van der Waals surface area contributed by atoms with Crippen molar-refractivity contribution in [1.29, 1.82) is 0 Å². The number of Topliss-reactive ketones (excluding diaryl/α,β-unsaturated/α-hetero) is 1. The fourth-order valence-corrected chi connectivity index (χ4v) is 4.25. The molecule has 0 spiro atoms. The van der Waals surface area contributed by atoms with Gasteiger partial charge in [0.2, 0.25) is 5.78 Å². The Hall–Kier alpha value is -4.32. The maximum atomic E-state index is 13.6. The molecule has 164 valence electrons. The summed E-state index contributed by atoms with van der Waals surface area (Å²) in [4.78, 5) is 28.4. The molecule has 1 N–H and O–H groups in total. The molecule has 0 saturated carbocycles. The lowest BCUT2D eigenvalue weighted by molar-refractivity contribution is -0.117. The molecule has 2 heterocycles. The number of furan rings is 1. The number of hydrogen-bond donors (Lipinski definition) is 1. The minimum atomic E-state index is -0.829. The molecule has 1 aliphatic rings. The second-order valence-electron chi connectivity index (χ2n) is 7.88. The minimum absolute atomic E-state index is 0.0209. The number of aliphatic hydroxyl groups excluding tert-OH is 1. The summed E-state index contributed by atoms with van der Waals surface area (Å²) < 4.78 is 11.0. The van der Waals surface area contributed by atoms with E-state index in [1.54, 1.807) is 49.6 Å². The molecule has 1 atom stereocenters. The fraction of sp³-hybridized carbons (Fsp3) is 0.111. The molecule has 1 unspecified atom stereocenters. The van der Waals surface area contributed by atoms with Crippen LogP contribution in [0.4, 0.5) is 5.69 Å². The van der Waals surface area contributed by atoms with Gasteiger partial charge in [0.15, 0.2) is 11.5 Å². The Balaban J connectivity index is 1.67. The van der Waals surface area contributed by atoms with Crippen LogP contribution in [-0.4, -0.2) is 23.9 Å². The second-order valence-corrected chi connectivity index (χ2v) is 7.88. The summed E-state index contributed by atoms with van der Waals surface area (Å²) in [6, 6.07) is 22.5. The third kappa shape index (κ3) is 3.36. The number of carbonyl (C=O) groups excluding carboxylic acids is 2. The number of hydrogen-bond acceptors (Lipinski definition) is 5. The molecule has 3 aromatic carbocycles. The molecule has 0 fully saturated rings. The van der Waals surface area contributed by atoms with Crippen LogP contribution >= 0.6 is 0 Å². The van der Waals surface area contributed by atoms with Crippen LogP contribution in [0.5, 0.6) is 5.75 Å². The number of para-hydroxylation sites is 2. The average Bonchev–Trinajstić information content (AvgIpc) is 3.38. The number of ketones is 1. The quantitative estimate of drug-likeness (QED) is 0.414. The Bertz CT molecular complexity index is 1380. The van der Waals surface area contributed by atoms with Gasteiger partial charge in [-0.3, -0.25) is 14.5 Å². The van der Waals surface area contributed by atoms with E-state index in [-0.39, 0.29) is 11.3 Å². The summed E-state index contributed by atoms with van der Waals surface area (Å²) in [5, 5.41) is 11.7. The first-order chi connectivity index (χ1) is 16.0. The van der Waals surface area contributed by atoms with E-state index in [9.17, 15) is 14.7 Å². The van der Waals surface area contributed by atoms with Crippen molar-refractivity contribution < 1.29 is 23.8 Å². The van der Waals surface area contributed by atoms with Crippen LogP contribution in [-0.2, 0) is 4.79 Å². The minimum Gasteiger partial charge on any atom is -0.503 e. The van der Waals surface area contributed by atoms with Crippen LogP contribution in [0.1, 0.15) is 27.7 Å². The van der Waals surface area contributed by atoms with E-state index in [2.05, 4.69) is 0 Å². The Morgan fingerprint density at radius 2 is 1.70 bits per heavy atom. The second kappa shape index (κ2) is 7.98. The lowest BCUT2D eigenvalue weighted by Gasteiger charge is -2.28. The summed E-state index contributed by atoms with van der Waals surface area (Å²) in [5.74, 6) is -1.04. The van der Waals surface area contributed by atoms with Crippen molar-refractivity contribution in [3.63, 3.8) is 0 Å². The number of anilines is 1. The number of benzene rings is 3. The van der Waals surface area contributed by atoms with E-state index in [4.69, 9.17) is 9.15 Å². The van der Waals surface area contributed by atoms with E-state index in [1.165, 1.54) is 4.90 Å². The van der Waals surface area contributed by atoms with Gasteiger partial charge >= 0.3 is 0 Å². The molecule has 1 amide bonds. The first-order valence-corrected chi connectivity index (χ1v) is 10.5. The number of fused-ring (bicyclic) bond motifs is 1. The fourth-order valence-electron chi connectivity index (χ4n) is 4.25. The summed E-state index contributed by atoms with van der Waals surface area (Å²) in [6.45, 7) is 1.88. The predicted octanol–water partition coefficient (Wildman–Crippen LogP) is 5.53. The highest BCUT2D eigenvalue weighted by Gasteiger charge is 2.45. The lowest BCUT2D eigenvalue weighted by Crippen LogP contribution is -2.31. The Labute approximate surface area is 190 Å². The van der Waals surface area contributed by atoms with E-state index in [0.29, 0.717) is 22.6 Å². The third-order valence-corrected chi connectivity index (χ3v) is 5.91. The highest BCUT2D eigenvalue weighted by molar-refractivity contribution is 6.20. The number of rotatable bonds is 5. The third-order valence-electron chi connectivity index (χ3n) is 5.91. The number of aryl methyl sites for hydroxylation is 1. The number of methoxy groups -OCH3 is 1. The van der Waals surface area contributed by atoms with Crippen LogP contribution in [0, 0.1) is 6.92 Å². The monoisotopic (exact) mass is 439 g/mol. The van der Waals surface area contributed by atoms with Crippen molar-refractivity contribution in [2.45, 2.75) is 13.0 Å². The van der Waals surface area contributed by atoms with Gasteiger partial charge in [-0.15, -0.1) is 0 Å². The van der Waals surface area contributed by atoms with Gasteiger partial charge in [0.1, 0.15) is 11.3 Å². The van der Waals surface area contributed by atoms with E-state index < -0.39 is 23.5 Å². The Kier molecular flexibility index (Phi) is 4.98. The van der Waals surface area contributed by atoms with Gasteiger partial charge in [0.05, 0.1) is 18.7 Å². The topological polar surface area (TPSA) is 80.0 Å². The summed E-state index contributed by atoms with van der Waals surface area (Å²) in [6.07, 6.45) is 0. The normalized spacial score (nSPS) is 16.0. The van der Waals surface area contributed by atoms with Crippen molar-refractivity contribution in [1.82, 2.24) is 0 Å².